The molecule has 33 heavy (non-hydrogen) atoms. The van der Waals surface area contributed by atoms with Gasteiger partial charge < -0.3 is 10.5 Å². The summed E-state index contributed by atoms with van der Waals surface area (Å²) in [6.07, 6.45) is 3.60. The van der Waals surface area contributed by atoms with E-state index in [1.165, 1.54) is 19.3 Å². The van der Waals surface area contributed by atoms with Crippen LogP contribution < -0.4 is 5.43 Å². The van der Waals surface area contributed by atoms with Gasteiger partial charge in [-0.1, -0.05) is 60.2 Å². The average Bonchev–Trinajstić information content (AvgIpc) is 3.15. The molecular formula is C26H26Cl2N4O. The summed E-state index contributed by atoms with van der Waals surface area (Å²) in [5.41, 5.74) is 9.42. The molecule has 5 nitrogen and oxygen atoms in total. The fraction of sp³-hybridized carbons (Fsp3) is 0.269. The van der Waals surface area contributed by atoms with Crippen molar-refractivity contribution >= 4 is 28.9 Å². The zero-order valence-corrected chi connectivity index (χ0v) is 20.0. The Morgan fingerprint density at radius 1 is 1.12 bits per heavy atom. The number of halogens is 2. The number of hydrogen-bond donors (Lipinski definition) is 2. The van der Waals surface area contributed by atoms with Gasteiger partial charge in [-0.25, -0.2) is 9.69 Å². The zero-order chi connectivity index (χ0) is 23.4. The lowest BCUT2D eigenvalue weighted by Crippen LogP contribution is -2.40. The number of hydrogen-bond acceptors (Lipinski definition) is 4. The molecule has 3 aromatic rings. The van der Waals surface area contributed by atoms with E-state index in [0.717, 1.165) is 52.6 Å². The van der Waals surface area contributed by atoms with Crippen molar-refractivity contribution in [1.29, 1.82) is 0 Å². The van der Waals surface area contributed by atoms with Crippen LogP contribution in [0.4, 0.5) is 0 Å². The topological polar surface area (TPSA) is 53.3 Å². The van der Waals surface area contributed by atoms with Crippen molar-refractivity contribution in [3.63, 3.8) is 0 Å². The van der Waals surface area contributed by atoms with Crippen LogP contribution in [0.1, 0.15) is 36.1 Å². The van der Waals surface area contributed by atoms with Gasteiger partial charge in [-0.2, -0.15) is 5.10 Å². The van der Waals surface area contributed by atoms with Gasteiger partial charge in [0.15, 0.2) is 0 Å². The highest BCUT2D eigenvalue weighted by Gasteiger charge is 2.22. The molecule has 0 spiro atoms. The summed E-state index contributed by atoms with van der Waals surface area (Å²) < 4.78 is 1.85. The standard InChI is InChI=1S/C26H26Cl2N4O/c1-18-25(19(2)29-31-14-4-3-5-15-31)30-32(24-13-12-22(27)17-23(24)28)26(18)21-10-8-20(9-11-21)7-6-16-33/h8-13,17,29,33H,2-5,14-16H2,1H3. The van der Waals surface area contributed by atoms with Crippen LogP contribution >= 0.6 is 23.2 Å². The number of aromatic nitrogens is 2. The Hall–Kier alpha value is -2.75. The predicted molar refractivity (Wildman–Crippen MR) is 135 cm³/mol. The van der Waals surface area contributed by atoms with Crippen LogP contribution in [0, 0.1) is 18.8 Å². The van der Waals surface area contributed by atoms with E-state index in [4.69, 9.17) is 33.4 Å². The van der Waals surface area contributed by atoms with Crippen molar-refractivity contribution in [2.75, 3.05) is 19.7 Å². The van der Waals surface area contributed by atoms with E-state index in [0.29, 0.717) is 10.0 Å². The van der Waals surface area contributed by atoms with Crippen molar-refractivity contribution in [1.82, 2.24) is 20.2 Å². The van der Waals surface area contributed by atoms with E-state index < -0.39 is 0 Å². The number of nitrogens with zero attached hydrogens (tertiary/aromatic N) is 3. The Morgan fingerprint density at radius 2 is 1.85 bits per heavy atom. The molecular weight excluding hydrogens is 455 g/mol. The maximum absolute atomic E-state index is 8.95. The van der Waals surface area contributed by atoms with Gasteiger partial charge in [0.05, 0.1) is 22.1 Å². The van der Waals surface area contributed by atoms with E-state index in [-0.39, 0.29) is 6.61 Å². The third kappa shape index (κ3) is 5.26. The molecule has 1 aliphatic rings. The normalized spacial score (nSPS) is 13.9. The molecule has 4 rings (SSSR count). The van der Waals surface area contributed by atoms with Crippen LogP contribution in [0.15, 0.2) is 49.0 Å². The van der Waals surface area contributed by atoms with E-state index in [1.54, 1.807) is 12.1 Å². The Labute approximate surface area is 204 Å². The molecule has 170 valence electrons. The van der Waals surface area contributed by atoms with Gasteiger partial charge >= 0.3 is 0 Å². The molecule has 1 saturated heterocycles. The summed E-state index contributed by atoms with van der Waals surface area (Å²) in [4.78, 5) is 0. The molecule has 2 aromatic carbocycles. The fourth-order valence-corrected chi connectivity index (χ4v) is 4.54. The molecule has 2 heterocycles. The van der Waals surface area contributed by atoms with Crippen molar-refractivity contribution < 1.29 is 5.11 Å². The number of benzene rings is 2. The molecule has 0 bridgehead atoms. The molecule has 0 unspecified atom stereocenters. The first-order valence-electron chi connectivity index (χ1n) is 10.9. The van der Waals surface area contributed by atoms with Crippen molar-refractivity contribution in [2.45, 2.75) is 26.2 Å². The Balaban J connectivity index is 1.78. The smallest absolute Gasteiger partial charge is 0.113 e. The first-order valence-corrected chi connectivity index (χ1v) is 11.7. The van der Waals surface area contributed by atoms with Gasteiger partial charge in [-0.05, 0) is 50.1 Å². The number of nitrogens with one attached hydrogen (secondary N) is 1. The molecule has 0 atom stereocenters. The van der Waals surface area contributed by atoms with E-state index >= 15 is 0 Å². The van der Waals surface area contributed by atoms with Crippen LogP contribution in [0.5, 0.6) is 0 Å². The molecule has 0 saturated carbocycles. The van der Waals surface area contributed by atoms with Gasteiger partial charge in [0.2, 0.25) is 0 Å². The molecule has 7 heteroatoms. The summed E-state index contributed by atoms with van der Waals surface area (Å²) in [6, 6.07) is 13.2. The van der Waals surface area contributed by atoms with Crippen LogP contribution in [0.25, 0.3) is 22.6 Å². The van der Waals surface area contributed by atoms with Crippen LogP contribution in [0.3, 0.4) is 0 Å². The molecule has 1 fully saturated rings. The fourth-order valence-electron chi connectivity index (χ4n) is 4.05. The summed E-state index contributed by atoms with van der Waals surface area (Å²) in [5, 5.41) is 17.2. The van der Waals surface area contributed by atoms with Gasteiger partial charge in [0.1, 0.15) is 12.3 Å². The minimum Gasteiger partial charge on any atom is -0.384 e. The molecule has 1 aliphatic heterocycles. The highest BCUT2D eigenvalue weighted by Crippen LogP contribution is 2.34. The molecule has 0 amide bonds. The minimum atomic E-state index is -0.168. The number of hydrazine groups is 1. The second-order valence-corrected chi connectivity index (χ2v) is 8.85. The van der Waals surface area contributed by atoms with Crippen LogP contribution in [-0.4, -0.2) is 39.6 Å². The third-order valence-corrected chi connectivity index (χ3v) is 6.20. The Bertz CT molecular complexity index is 1220. The monoisotopic (exact) mass is 480 g/mol. The lowest BCUT2D eigenvalue weighted by molar-refractivity contribution is 0.189. The molecule has 1 aromatic heterocycles. The van der Waals surface area contributed by atoms with Crippen LogP contribution in [-0.2, 0) is 0 Å². The first-order chi connectivity index (χ1) is 16.0. The highest BCUT2D eigenvalue weighted by atomic mass is 35.5. The lowest BCUT2D eigenvalue weighted by atomic mass is 10.0. The lowest BCUT2D eigenvalue weighted by Gasteiger charge is -2.28. The van der Waals surface area contributed by atoms with Crippen LogP contribution in [0.2, 0.25) is 10.0 Å². The summed E-state index contributed by atoms with van der Waals surface area (Å²) in [5.74, 6) is 5.61. The average molecular weight is 481 g/mol. The first kappa shape index (κ1) is 23.4. The van der Waals surface area contributed by atoms with Crippen molar-refractivity contribution in [3.05, 3.63) is 75.9 Å². The zero-order valence-electron chi connectivity index (χ0n) is 18.5. The summed E-state index contributed by atoms with van der Waals surface area (Å²) >= 11 is 12.7. The van der Waals surface area contributed by atoms with E-state index in [2.05, 4.69) is 28.9 Å². The Kier molecular flexibility index (Phi) is 7.42. The number of aliphatic hydroxyl groups excluding tert-OH is 1. The van der Waals surface area contributed by atoms with Gasteiger partial charge in [-0.3, -0.25) is 0 Å². The molecule has 0 radical (unpaired) electrons. The quantitative estimate of drug-likeness (QED) is 0.476. The second kappa shape index (κ2) is 10.5. The minimum absolute atomic E-state index is 0.168. The largest absolute Gasteiger partial charge is 0.384 e. The van der Waals surface area contributed by atoms with Crippen molar-refractivity contribution in [3.8, 4) is 28.8 Å². The highest BCUT2D eigenvalue weighted by molar-refractivity contribution is 6.35. The maximum Gasteiger partial charge on any atom is 0.113 e. The Morgan fingerprint density at radius 3 is 2.52 bits per heavy atom. The van der Waals surface area contributed by atoms with Gasteiger partial charge in [-0.15, -0.1) is 0 Å². The maximum atomic E-state index is 8.95. The number of piperidine rings is 1. The van der Waals surface area contributed by atoms with E-state index in [1.807, 2.05) is 41.9 Å². The third-order valence-electron chi connectivity index (χ3n) is 5.67. The van der Waals surface area contributed by atoms with Gasteiger partial charge in [0, 0.05) is 34.8 Å². The summed E-state index contributed by atoms with van der Waals surface area (Å²) in [7, 11) is 0. The SMILES string of the molecule is C=C(NN1CCCCC1)c1nn(-c2ccc(Cl)cc2Cl)c(-c2ccc(C#CCO)cc2)c1C. The molecule has 0 aliphatic carbocycles. The summed E-state index contributed by atoms with van der Waals surface area (Å²) in [6.45, 7) is 8.14. The van der Waals surface area contributed by atoms with Crippen molar-refractivity contribution in [2.24, 2.45) is 0 Å². The number of rotatable bonds is 5. The van der Waals surface area contributed by atoms with Gasteiger partial charge in [0.25, 0.3) is 0 Å². The second-order valence-electron chi connectivity index (χ2n) is 8.01. The number of aliphatic hydroxyl groups is 1. The predicted octanol–water partition coefficient (Wildman–Crippen LogP) is 5.46. The molecule has 2 N–H and O–H groups in total. The van der Waals surface area contributed by atoms with E-state index in [9.17, 15) is 0 Å².